The van der Waals surface area contributed by atoms with Gasteiger partial charge in [-0.1, -0.05) is 0 Å². The Hall–Kier alpha value is -1.32. The molecule has 4 heteroatoms. The molecule has 0 aromatic carbocycles. The van der Waals surface area contributed by atoms with E-state index < -0.39 is 0 Å². The van der Waals surface area contributed by atoms with Crippen LogP contribution >= 0.6 is 0 Å². The second-order valence-corrected chi connectivity index (χ2v) is 4.03. The van der Waals surface area contributed by atoms with Crippen molar-refractivity contribution in [1.29, 1.82) is 0 Å². The number of fused-ring (bicyclic) bond motifs is 1. The molecule has 0 bridgehead atoms. The van der Waals surface area contributed by atoms with Gasteiger partial charge in [0.05, 0.1) is 6.42 Å². The molecule has 0 spiro atoms. The predicted molar refractivity (Wildman–Crippen MR) is 51.9 cm³/mol. The SMILES string of the molecule is CC(=O)O[C@H]1C=C[C@H]2OC(=O)C[C@H]2CC1. The first-order valence-electron chi connectivity index (χ1n) is 5.20. The number of hydrogen-bond donors (Lipinski definition) is 0. The molecule has 82 valence electrons. The number of rotatable bonds is 1. The van der Waals surface area contributed by atoms with Crippen molar-refractivity contribution in [2.24, 2.45) is 5.92 Å². The fourth-order valence-corrected chi connectivity index (χ4v) is 2.11. The van der Waals surface area contributed by atoms with E-state index in [2.05, 4.69) is 0 Å². The van der Waals surface area contributed by atoms with E-state index in [1.165, 1.54) is 6.92 Å². The highest BCUT2D eigenvalue weighted by atomic mass is 16.6. The molecule has 2 rings (SSSR count). The maximum Gasteiger partial charge on any atom is 0.306 e. The molecule has 2 aliphatic rings. The lowest BCUT2D eigenvalue weighted by Gasteiger charge is -2.12. The lowest BCUT2D eigenvalue weighted by molar-refractivity contribution is -0.144. The number of hydrogen-bond acceptors (Lipinski definition) is 4. The normalized spacial score (nSPS) is 34.2. The standard InChI is InChI=1S/C11H14O4/c1-7(12)14-9-3-2-8-6-11(13)15-10(8)5-4-9/h4-5,8-10H,2-3,6H2,1H3/t8-,9-,10-/m1/s1. The van der Waals surface area contributed by atoms with Crippen molar-refractivity contribution in [1.82, 2.24) is 0 Å². The third-order valence-electron chi connectivity index (χ3n) is 2.82. The van der Waals surface area contributed by atoms with Gasteiger partial charge in [-0.2, -0.15) is 0 Å². The molecule has 4 nitrogen and oxygen atoms in total. The molecule has 1 heterocycles. The molecule has 1 fully saturated rings. The zero-order chi connectivity index (χ0) is 10.8. The topological polar surface area (TPSA) is 52.6 Å². The van der Waals surface area contributed by atoms with E-state index in [1.54, 1.807) is 0 Å². The minimum Gasteiger partial charge on any atom is -0.458 e. The highest BCUT2D eigenvalue weighted by molar-refractivity contribution is 5.72. The predicted octanol–water partition coefficient (Wildman–Crippen LogP) is 1.20. The maximum atomic E-state index is 11.0. The van der Waals surface area contributed by atoms with Gasteiger partial charge in [0.15, 0.2) is 0 Å². The van der Waals surface area contributed by atoms with Crippen molar-refractivity contribution in [3.8, 4) is 0 Å². The van der Waals surface area contributed by atoms with Gasteiger partial charge in [0.2, 0.25) is 0 Å². The first-order valence-corrected chi connectivity index (χ1v) is 5.20. The lowest BCUT2D eigenvalue weighted by atomic mass is 9.97. The van der Waals surface area contributed by atoms with Crippen molar-refractivity contribution in [2.45, 2.75) is 38.4 Å². The summed E-state index contributed by atoms with van der Waals surface area (Å²) >= 11 is 0. The molecule has 0 unspecified atom stereocenters. The molecule has 1 aliphatic heterocycles. The van der Waals surface area contributed by atoms with Gasteiger partial charge in [0, 0.05) is 12.8 Å². The molecule has 15 heavy (non-hydrogen) atoms. The Labute approximate surface area is 88.2 Å². The Morgan fingerprint density at radius 3 is 3.00 bits per heavy atom. The van der Waals surface area contributed by atoms with Crippen molar-refractivity contribution in [3.05, 3.63) is 12.2 Å². The van der Waals surface area contributed by atoms with Crippen LogP contribution in [-0.4, -0.2) is 24.1 Å². The second-order valence-electron chi connectivity index (χ2n) is 4.03. The summed E-state index contributed by atoms with van der Waals surface area (Å²) in [6.45, 7) is 1.40. The Kier molecular flexibility index (Phi) is 2.75. The molecule has 3 atom stereocenters. The van der Waals surface area contributed by atoms with Crippen LogP contribution in [0.15, 0.2) is 12.2 Å². The molecule has 0 saturated carbocycles. The minimum atomic E-state index is -0.270. The van der Waals surface area contributed by atoms with Crippen LogP contribution in [0.3, 0.4) is 0 Å². The molecule has 0 aromatic rings. The summed E-state index contributed by atoms with van der Waals surface area (Å²) < 4.78 is 10.2. The van der Waals surface area contributed by atoms with Gasteiger partial charge in [-0.25, -0.2) is 0 Å². The average Bonchev–Trinajstić information content (AvgIpc) is 2.41. The van der Waals surface area contributed by atoms with Crippen molar-refractivity contribution in [3.63, 3.8) is 0 Å². The molecule has 0 N–H and O–H groups in total. The van der Waals surface area contributed by atoms with Gasteiger partial charge in [-0.15, -0.1) is 0 Å². The maximum absolute atomic E-state index is 11.0. The number of carbonyl (C=O) groups is 2. The fourth-order valence-electron chi connectivity index (χ4n) is 2.11. The van der Waals surface area contributed by atoms with E-state index in [9.17, 15) is 9.59 Å². The first kappa shape index (κ1) is 10.2. The van der Waals surface area contributed by atoms with Crippen LogP contribution in [-0.2, 0) is 19.1 Å². The first-order chi connectivity index (χ1) is 7.15. The molecule has 0 amide bonds. The Morgan fingerprint density at radius 2 is 2.27 bits per heavy atom. The number of esters is 2. The summed E-state index contributed by atoms with van der Waals surface area (Å²) in [4.78, 5) is 21.8. The summed E-state index contributed by atoms with van der Waals surface area (Å²) in [5.74, 6) is -0.136. The second kappa shape index (κ2) is 4.04. The largest absolute Gasteiger partial charge is 0.458 e. The van der Waals surface area contributed by atoms with E-state index in [4.69, 9.17) is 9.47 Å². The van der Waals surface area contributed by atoms with E-state index in [0.29, 0.717) is 6.42 Å². The summed E-state index contributed by atoms with van der Waals surface area (Å²) in [7, 11) is 0. The van der Waals surface area contributed by atoms with Crippen molar-refractivity contribution < 1.29 is 19.1 Å². The van der Waals surface area contributed by atoms with Gasteiger partial charge >= 0.3 is 11.9 Å². The van der Waals surface area contributed by atoms with Crippen LogP contribution < -0.4 is 0 Å². The van der Waals surface area contributed by atoms with Crippen LogP contribution in [0.2, 0.25) is 0 Å². The van der Waals surface area contributed by atoms with Crippen LogP contribution in [0, 0.1) is 5.92 Å². The minimum absolute atomic E-state index is 0.113. The molecule has 1 saturated heterocycles. The summed E-state index contributed by atoms with van der Waals surface area (Å²) in [5.41, 5.74) is 0. The highest BCUT2D eigenvalue weighted by Gasteiger charge is 2.35. The fraction of sp³-hybridized carbons (Fsp3) is 0.636. The van der Waals surface area contributed by atoms with E-state index >= 15 is 0 Å². The quantitative estimate of drug-likeness (QED) is 0.482. The van der Waals surface area contributed by atoms with Crippen LogP contribution in [0.1, 0.15) is 26.2 Å². The van der Waals surface area contributed by atoms with E-state index in [-0.39, 0.29) is 30.1 Å². The zero-order valence-electron chi connectivity index (χ0n) is 8.64. The lowest BCUT2D eigenvalue weighted by Crippen LogP contribution is -2.14. The van der Waals surface area contributed by atoms with Crippen LogP contribution in [0.25, 0.3) is 0 Å². The van der Waals surface area contributed by atoms with Gasteiger partial charge in [-0.3, -0.25) is 9.59 Å². The van der Waals surface area contributed by atoms with Gasteiger partial charge in [0.1, 0.15) is 12.2 Å². The van der Waals surface area contributed by atoms with Gasteiger partial charge < -0.3 is 9.47 Å². The summed E-state index contributed by atoms with van der Waals surface area (Å²) in [6.07, 6.45) is 5.52. The van der Waals surface area contributed by atoms with Crippen LogP contribution in [0.4, 0.5) is 0 Å². The van der Waals surface area contributed by atoms with E-state index in [0.717, 1.165) is 12.8 Å². The zero-order valence-corrected chi connectivity index (χ0v) is 8.64. The average molecular weight is 210 g/mol. The third kappa shape index (κ3) is 2.37. The van der Waals surface area contributed by atoms with Crippen molar-refractivity contribution in [2.75, 3.05) is 0 Å². The summed E-state index contributed by atoms with van der Waals surface area (Å²) in [6, 6.07) is 0. The molecule has 0 aromatic heterocycles. The smallest absolute Gasteiger partial charge is 0.306 e. The third-order valence-corrected chi connectivity index (χ3v) is 2.82. The van der Waals surface area contributed by atoms with Gasteiger partial charge in [-0.05, 0) is 25.0 Å². The van der Waals surface area contributed by atoms with Crippen molar-refractivity contribution >= 4 is 11.9 Å². The van der Waals surface area contributed by atoms with E-state index in [1.807, 2.05) is 12.2 Å². The molecule has 1 aliphatic carbocycles. The molecular weight excluding hydrogens is 196 g/mol. The Balaban J connectivity index is 1.99. The molecule has 0 radical (unpaired) electrons. The highest BCUT2D eigenvalue weighted by Crippen LogP contribution is 2.31. The Bertz CT molecular complexity index is 308. The van der Waals surface area contributed by atoms with Crippen LogP contribution in [0.5, 0.6) is 0 Å². The van der Waals surface area contributed by atoms with Gasteiger partial charge in [0.25, 0.3) is 0 Å². The summed E-state index contributed by atoms with van der Waals surface area (Å²) in [5, 5.41) is 0. The monoisotopic (exact) mass is 210 g/mol. The molecular formula is C11H14O4. The number of ether oxygens (including phenoxy) is 2. The Morgan fingerprint density at radius 1 is 1.47 bits per heavy atom. The number of carbonyl (C=O) groups excluding carboxylic acids is 2.